The van der Waals surface area contributed by atoms with Crippen LogP contribution in [-0.4, -0.2) is 30.0 Å². The molecule has 1 aromatic rings. The van der Waals surface area contributed by atoms with Gasteiger partial charge in [-0.3, -0.25) is 4.99 Å². The third-order valence-electron chi connectivity index (χ3n) is 2.38. The molecule has 7 heteroatoms. The predicted molar refractivity (Wildman–Crippen MR) is 79.4 cm³/mol. The summed E-state index contributed by atoms with van der Waals surface area (Å²) in [4.78, 5) is 15.6. The highest BCUT2D eigenvalue weighted by Gasteiger charge is 2.37. The Bertz CT molecular complexity index is 533. The number of esters is 1. The number of carbonyl (C=O) groups is 1. The van der Waals surface area contributed by atoms with Crippen LogP contribution in [0, 0.1) is 0 Å². The number of carbonyl (C=O) groups excluding carboxylic acids is 1. The second-order valence-corrected chi connectivity index (χ2v) is 6.13. The van der Waals surface area contributed by atoms with Crippen LogP contribution >= 0.6 is 11.6 Å². The molecule has 122 valence electrons. The first-order valence-electron chi connectivity index (χ1n) is 6.55. The summed E-state index contributed by atoms with van der Waals surface area (Å²) in [5.41, 5.74) is -0.336. The van der Waals surface area contributed by atoms with Crippen molar-refractivity contribution in [1.82, 2.24) is 0 Å². The summed E-state index contributed by atoms with van der Waals surface area (Å²) >= 11 is 5.72. The van der Waals surface area contributed by atoms with Gasteiger partial charge in [-0.25, -0.2) is 4.79 Å². The monoisotopic (exact) mass is 335 g/mol. The molecule has 22 heavy (non-hydrogen) atoms. The van der Waals surface area contributed by atoms with Crippen molar-refractivity contribution in [3.05, 3.63) is 34.9 Å². The van der Waals surface area contributed by atoms with Crippen LogP contribution < -0.4 is 0 Å². The standard InChI is InChI=1S/C15H17ClF3NO2/c1-14(2,3)22-13(21)12(8-15(17,18)19)20-9-10-4-6-11(16)7-5-10/h4-7,9,12H,8H2,1-3H3. The van der Waals surface area contributed by atoms with E-state index in [2.05, 4.69) is 4.99 Å². The van der Waals surface area contributed by atoms with Crippen LogP contribution in [0.4, 0.5) is 13.2 Å². The average Bonchev–Trinajstić information content (AvgIpc) is 2.33. The van der Waals surface area contributed by atoms with Gasteiger partial charge < -0.3 is 4.74 Å². The Kier molecular flexibility index (Phi) is 6.00. The van der Waals surface area contributed by atoms with Gasteiger partial charge in [0.25, 0.3) is 0 Å². The molecular formula is C15H17ClF3NO2. The molecule has 1 unspecified atom stereocenters. The van der Waals surface area contributed by atoms with Crippen LogP contribution in [0.2, 0.25) is 5.02 Å². The normalized spacial score (nSPS) is 14.1. The summed E-state index contributed by atoms with van der Waals surface area (Å²) in [5, 5.41) is 0.496. The Balaban J connectivity index is 2.90. The Morgan fingerprint density at radius 1 is 1.27 bits per heavy atom. The van der Waals surface area contributed by atoms with Crippen molar-refractivity contribution >= 4 is 23.8 Å². The SMILES string of the molecule is CC(C)(C)OC(=O)C(CC(F)(F)F)N=Cc1ccc(Cl)cc1. The molecule has 0 saturated carbocycles. The van der Waals surface area contributed by atoms with E-state index in [9.17, 15) is 18.0 Å². The number of hydrogen-bond donors (Lipinski definition) is 0. The van der Waals surface area contributed by atoms with Crippen molar-refractivity contribution in [1.29, 1.82) is 0 Å². The van der Waals surface area contributed by atoms with E-state index in [0.717, 1.165) is 0 Å². The number of aliphatic imine (C=N–C) groups is 1. The number of alkyl halides is 3. The second-order valence-electron chi connectivity index (χ2n) is 5.70. The quantitative estimate of drug-likeness (QED) is 0.603. The van der Waals surface area contributed by atoms with Gasteiger partial charge in [0.1, 0.15) is 5.60 Å². The van der Waals surface area contributed by atoms with E-state index in [1.807, 2.05) is 0 Å². The predicted octanol–water partition coefficient (Wildman–Crippen LogP) is 4.42. The molecule has 0 spiro atoms. The minimum absolute atomic E-state index is 0.496. The topological polar surface area (TPSA) is 38.7 Å². The average molecular weight is 336 g/mol. The lowest BCUT2D eigenvalue weighted by atomic mass is 10.1. The molecule has 0 aromatic heterocycles. The van der Waals surface area contributed by atoms with E-state index in [1.165, 1.54) is 6.21 Å². The highest BCUT2D eigenvalue weighted by Crippen LogP contribution is 2.24. The highest BCUT2D eigenvalue weighted by molar-refractivity contribution is 6.30. The number of hydrogen-bond acceptors (Lipinski definition) is 3. The van der Waals surface area contributed by atoms with Crippen LogP contribution in [0.5, 0.6) is 0 Å². The Morgan fingerprint density at radius 2 is 1.82 bits per heavy atom. The Labute approximate surface area is 132 Å². The van der Waals surface area contributed by atoms with Crippen molar-refractivity contribution < 1.29 is 22.7 Å². The molecule has 1 aromatic carbocycles. The van der Waals surface area contributed by atoms with E-state index in [0.29, 0.717) is 10.6 Å². The van der Waals surface area contributed by atoms with Crippen LogP contribution in [0.3, 0.4) is 0 Å². The molecule has 0 saturated heterocycles. The van der Waals surface area contributed by atoms with Crippen LogP contribution in [0.25, 0.3) is 0 Å². The van der Waals surface area contributed by atoms with Gasteiger partial charge in [0, 0.05) is 11.2 Å². The molecule has 0 aliphatic heterocycles. The third-order valence-corrected chi connectivity index (χ3v) is 2.63. The summed E-state index contributed by atoms with van der Waals surface area (Å²) in [6, 6.07) is 4.71. The van der Waals surface area contributed by atoms with Gasteiger partial charge in [-0.15, -0.1) is 0 Å². The lowest BCUT2D eigenvalue weighted by molar-refractivity contribution is -0.168. The van der Waals surface area contributed by atoms with E-state index in [-0.39, 0.29) is 0 Å². The lowest BCUT2D eigenvalue weighted by Gasteiger charge is -2.22. The summed E-state index contributed by atoms with van der Waals surface area (Å²) in [5.74, 6) is -1.00. The zero-order valence-corrected chi connectivity index (χ0v) is 13.2. The highest BCUT2D eigenvalue weighted by atomic mass is 35.5. The zero-order valence-electron chi connectivity index (χ0n) is 12.4. The van der Waals surface area contributed by atoms with Crippen LogP contribution in [0.1, 0.15) is 32.8 Å². The second kappa shape index (κ2) is 7.13. The van der Waals surface area contributed by atoms with Gasteiger partial charge in [0.2, 0.25) is 0 Å². The lowest BCUT2D eigenvalue weighted by Crippen LogP contribution is -2.33. The molecule has 3 nitrogen and oxygen atoms in total. The summed E-state index contributed by atoms with van der Waals surface area (Å²) in [7, 11) is 0. The fourth-order valence-corrected chi connectivity index (χ4v) is 1.64. The van der Waals surface area contributed by atoms with Gasteiger partial charge in [-0.1, -0.05) is 23.7 Å². The van der Waals surface area contributed by atoms with Crippen molar-refractivity contribution in [2.45, 2.75) is 45.0 Å². The first-order chi connectivity index (χ1) is 9.96. The molecule has 1 atom stereocenters. The number of rotatable bonds is 4. The molecule has 0 N–H and O–H groups in total. The van der Waals surface area contributed by atoms with Crippen LogP contribution in [-0.2, 0) is 9.53 Å². The first-order valence-corrected chi connectivity index (χ1v) is 6.92. The minimum Gasteiger partial charge on any atom is -0.458 e. The number of ether oxygens (including phenoxy) is 1. The van der Waals surface area contributed by atoms with Crippen molar-refractivity contribution in [2.75, 3.05) is 0 Å². The van der Waals surface area contributed by atoms with E-state index in [1.54, 1.807) is 45.0 Å². The number of nitrogens with zero attached hydrogens (tertiary/aromatic N) is 1. The van der Waals surface area contributed by atoms with Crippen molar-refractivity contribution in [3.63, 3.8) is 0 Å². The zero-order chi connectivity index (χ0) is 17.0. The molecule has 0 heterocycles. The Hall–Kier alpha value is -1.56. The van der Waals surface area contributed by atoms with Crippen molar-refractivity contribution in [3.8, 4) is 0 Å². The van der Waals surface area contributed by atoms with E-state index < -0.39 is 30.2 Å². The molecule has 0 bridgehead atoms. The molecule has 0 aliphatic carbocycles. The maximum atomic E-state index is 12.6. The van der Waals surface area contributed by atoms with E-state index >= 15 is 0 Å². The fraction of sp³-hybridized carbons (Fsp3) is 0.467. The van der Waals surface area contributed by atoms with Crippen LogP contribution in [0.15, 0.2) is 29.3 Å². The van der Waals surface area contributed by atoms with Gasteiger partial charge in [-0.2, -0.15) is 13.2 Å². The summed E-state index contributed by atoms with van der Waals surface area (Å²) in [6.07, 6.45) is -4.68. The maximum absolute atomic E-state index is 12.6. The molecule has 0 amide bonds. The van der Waals surface area contributed by atoms with Gasteiger partial charge in [0.05, 0.1) is 6.42 Å². The van der Waals surface area contributed by atoms with Gasteiger partial charge >= 0.3 is 12.1 Å². The van der Waals surface area contributed by atoms with Gasteiger partial charge in [0.15, 0.2) is 6.04 Å². The first kappa shape index (κ1) is 18.5. The minimum atomic E-state index is -4.51. The fourth-order valence-electron chi connectivity index (χ4n) is 1.51. The van der Waals surface area contributed by atoms with Gasteiger partial charge in [-0.05, 0) is 38.5 Å². The van der Waals surface area contributed by atoms with Crippen molar-refractivity contribution in [2.24, 2.45) is 4.99 Å². The Morgan fingerprint density at radius 3 is 2.27 bits per heavy atom. The molecule has 1 rings (SSSR count). The third kappa shape index (κ3) is 7.45. The molecule has 0 radical (unpaired) electrons. The largest absolute Gasteiger partial charge is 0.458 e. The number of benzene rings is 1. The molecule has 0 fully saturated rings. The number of halogens is 4. The maximum Gasteiger partial charge on any atom is 0.391 e. The molecule has 0 aliphatic rings. The molecular weight excluding hydrogens is 319 g/mol. The smallest absolute Gasteiger partial charge is 0.391 e. The summed E-state index contributed by atoms with van der Waals surface area (Å²) in [6.45, 7) is 4.75. The summed E-state index contributed by atoms with van der Waals surface area (Å²) < 4.78 is 42.7. The van der Waals surface area contributed by atoms with E-state index in [4.69, 9.17) is 16.3 Å².